The van der Waals surface area contributed by atoms with Crippen molar-refractivity contribution in [2.45, 2.75) is 37.0 Å². The zero-order chi connectivity index (χ0) is 17.7. The minimum absolute atomic E-state index is 0.130. The third-order valence-corrected chi connectivity index (χ3v) is 5.76. The van der Waals surface area contributed by atoms with Crippen LogP contribution in [0.4, 0.5) is 4.39 Å². The van der Waals surface area contributed by atoms with Crippen molar-refractivity contribution < 1.29 is 14.0 Å². The minimum Gasteiger partial charge on any atom is -0.388 e. The number of nitrogens with zero attached hydrogens (tertiary/aromatic N) is 4. The summed E-state index contributed by atoms with van der Waals surface area (Å²) in [5, 5.41) is 7.79. The molecule has 0 radical (unpaired) electrons. The smallest absolute Gasteiger partial charge is 0.145 e. The highest BCUT2D eigenvalue weighted by molar-refractivity contribution is 7.99. The van der Waals surface area contributed by atoms with E-state index in [4.69, 9.17) is 15.1 Å². The van der Waals surface area contributed by atoms with Crippen LogP contribution in [0.3, 0.4) is 0 Å². The molecular weight excluding hydrogens is 343 g/mol. The van der Waals surface area contributed by atoms with Gasteiger partial charge >= 0.3 is 0 Å². The second-order valence-electron chi connectivity index (χ2n) is 6.31. The van der Waals surface area contributed by atoms with Gasteiger partial charge in [0.2, 0.25) is 0 Å². The third-order valence-electron chi connectivity index (χ3n) is 4.78. The molecule has 0 bridgehead atoms. The summed E-state index contributed by atoms with van der Waals surface area (Å²) in [5.74, 6) is 2.22. The van der Waals surface area contributed by atoms with Crippen molar-refractivity contribution in [3.05, 3.63) is 45.8 Å². The van der Waals surface area contributed by atoms with Crippen molar-refractivity contribution in [2.75, 3.05) is 25.3 Å². The molecule has 0 amide bonds. The molecule has 1 aromatic carbocycles. The standard InChI is InChI=1S/C17H21FN4O2S/c1-23-16(15(11-18)20-22-19)13-4-2-12(3-5-13)14-10-17(24-21-14)6-8-25-9-7-17/h2-5,15-16H,6-11H2,1H3/t15-,16-/m1/s1. The normalized spacial score (nSPS) is 21.1. The maximum Gasteiger partial charge on any atom is 0.145 e. The quantitative estimate of drug-likeness (QED) is 0.426. The summed E-state index contributed by atoms with van der Waals surface area (Å²) in [4.78, 5) is 8.48. The van der Waals surface area contributed by atoms with E-state index >= 15 is 0 Å². The SMILES string of the molecule is CO[C@H](c1ccc(C2=NOC3(CCSCC3)C2)cc1)[C@@H](CF)N=[N+]=[N-]. The van der Waals surface area contributed by atoms with Crippen molar-refractivity contribution >= 4 is 17.5 Å². The molecule has 1 fully saturated rings. The zero-order valence-electron chi connectivity index (χ0n) is 14.1. The van der Waals surface area contributed by atoms with Gasteiger partial charge in [0.05, 0.1) is 17.9 Å². The fourth-order valence-corrected chi connectivity index (χ4v) is 4.54. The molecule has 3 rings (SSSR count). The summed E-state index contributed by atoms with van der Waals surface area (Å²) in [7, 11) is 1.48. The Balaban J connectivity index is 1.73. The molecule has 6 nitrogen and oxygen atoms in total. The first-order valence-electron chi connectivity index (χ1n) is 8.27. The molecule has 134 valence electrons. The Kier molecular flexibility index (Phi) is 5.83. The number of benzene rings is 1. The number of rotatable bonds is 6. The Morgan fingerprint density at radius 1 is 1.40 bits per heavy atom. The van der Waals surface area contributed by atoms with Crippen molar-refractivity contribution in [1.29, 1.82) is 0 Å². The number of halogens is 1. The van der Waals surface area contributed by atoms with Gasteiger partial charge in [-0.05, 0) is 41.0 Å². The molecule has 8 heteroatoms. The predicted octanol–water partition coefficient (Wildman–Crippen LogP) is 4.41. The Morgan fingerprint density at radius 3 is 2.72 bits per heavy atom. The van der Waals surface area contributed by atoms with Gasteiger partial charge in [-0.2, -0.15) is 11.8 Å². The summed E-state index contributed by atoms with van der Waals surface area (Å²) < 4.78 is 18.4. The van der Waals surface area contributed by atoms with Crippen molar-refractivity contribution in [3.8, 4) is 0 Å². The predicted molar refractivity (Wildman–Crippen MR) is 96.6 cm³/mol. The molecule has 0 unspecified atom stereocenters. The Hall–Kier alpha value is -1.76. The van der Waals surface area contributed by atoms with Crippen LogP contribution < -0.4 is 0 Å². The van der Waals surface area contributed by atoms with E-state index in [2.05, 4.69) is 15.2 Å². The summed E-state index contributed by atoms with van der Waals surface area (Å²) in [6.07, 6.45) is 2.27. The second kappa shape index (κ2) is 8.08. The van der Waals surface area contributed by atoms with Gasteiger partial charge in [-0.3, -0.25) is 4.39 Å². The van der Waals surface area contributed by atoms with Crippen molar-refractivity contribution in [1.82, 2.24) is 0 Å². The van der Waals surface area contributed by atoms with Crippen LogP contribution in [-0.4, -0.2) is 42.6 Å². The molecule has 0 saturated carbocycles. The van der Waals surface area contributed by atoms with Crippen LogP contribution in [0, 0.1) is 0 Å². The molecule has 1 spiro atoms. The number of thioether (sulfide) groups is 1. The number of hydrogen-bond donors (Lipinski definition) is 0. The summed E-state index contributed by atoms with van der Waals surface area (Å²) in [6, 6.07) is 6.72. The van der Waals surface area contributed by atoms with Gasteiger partial charge in [-0.25, -0.2) is 0 Å². The number of hydrogen-bond acceptors (Lipinski definition) is 5. The summed E-state index contributed by atoms with van der Waals surface area (Å²) >= 11 is 1.96. The van der Waals surface area contributed by atoms with Gasteiger partial charge in [0, 0.05) is 18.4 Å². The van der Waals surface area contributed by atoms with Gasteiger partial charge in [0.15, 0.2) is 0 Å². The molecular formula is C17H21FN4O2S. The molecule has 25 heavy (non-hydrogen) atoms. The maximum atomic E-state index is 13.1. The fraction of sp³-hybridized carbons (Fsp3) is 0.588. The molecule has 0 N–H and O–H groups in total. The highest BCUT2D eigenvalue weighted by Gasteiger charge is 2.40. The first-order chi connectivity index (χ1) is 12.2. The molecule has 2 atom stereocenters. The molecule has 0 aliphatic carbocycles. The molecule has 2 aliphatic heterocycles. The van der Waals surface area contributed by atoms with E-state index < -0.39 is 18.8 Å². The van der Waals surface area contributed by atoms with E-state index in [1.54, 1.807) is 0 Å². The Morgan fingerprint density at radius 2 is 2.12 bits per heavy atom. The average Bonchev–Trinajstić information content (AvgIpc) is 3.06. The van der Waals surface area contributed by atoms with E-state index in [1.165, 1.54) is 7.11 Å². The van der Waals surface area contributed by atoms with E-state index in [-0.39, 0.29) is 5.60 Å². The van der Waals surface area contributed by atoms with Crippen LogP contribution in [0.1, 0.15) is 36.5 Å². The zero-order valence-corrected chi connectivity index (χ0v) is 14.9. The lowest BCUT2D eigenvalue weighted by Gasteiger charge is -2.30. The number of alkyl halides is 1. The largest absolute Gasteiger partial charge is 0.388 e. The molecule has 2 heterocycles. The Bertz CT molecular complexity index is 670. The second-order valence-corrected chi connectivity index (χ2v) is 7.53. The highest BCUT2D eigenvalue weighted by Crippen LogP contribution is 2.38. The fourth-order valence-electron chi connectivity index (χ4n) is 3.31. The van der Waals surface area contributed by atoms with E-state index in [9.17, 15) is 4.39 Å². The van der Waals surface area contributed by atoms with Crippen LogP contribution in [0.2, 0.25) is 0 Å². The topological polar surface area (TPSA) is 79.6 Å². The number of ether oxygens (including phenoxy) is 1. The lowest BCUT2D eigenvalue weighted by Crippen LogP contribution is -2.33. The molecule has 1 aromatic rings. The lowest BCUT2D eigenvalue weighted by atomic mass is 9.88. The van der Waals surface area contributed by atoms with E-state index in [0.717, 1.165) is 47.6 Å². The van der Waals surface area contributed by atoms with Crippen molar-refractivity contribution in [3.63, 3.8) is 0 Å². The van der Waals surface area contributed by atoms with Crippen molar-refractivity contribution in [2.24, 2.45) is 10.3 Å². The van der Waals surface area contributed by atoms with Gasteiger partial charge < -0.3 is 9.57 Å². The monoisotopic (exact) mass is 364 g/mol. The average molecular weight is 364 g/mol. The van der Waals surface area contributed by atoms with Gasteiger partial charge in [0.25, 0.3) is 0 Å². The number of oxime groups is 1. The van der Waals surface area contributed by atoms with Crippen LogP contribution in [0.25, 0.3) is 10.4 Å². The third kappa shape index (κ3) is 3.92. The van der Waals surface area contributed by atoms with Gasteiger partial charge in [0.1, 0.15) is 12.3 Å². The molecule has 0 aromatic heterocycles. The van der Waals surface area contributed by atoms with Crippen LogP contribution in [0.15, 0.2) is 34.5 Å². The number of methoxy groups -OCH3 is 1. The van der Waals surface area contributed by atoms with Crippen LogP contribution >= 0.6 is 11.8 Å². The van der Waals surface area contributed by atoms with Gasteiger partial charge in [-0.15, -0.1) is 0 Å². The van der Waals surface area contributed by atoms with E-state index in [0.29, 0.717) is 0 Å². The lowest BCUT2D eigenvalue weighted by molar-refractivity contribution is -0.0245. The first kappa shape index (κ1) is 18.0. The first-order valence-corrected chi connectivity index (χ1v) is 9.43. The van der Waals surface area contributed by atoms with Crippen LogP contribution in [-0.2, 0) is 9.57 Å². The van der Waals surface area contributed by atoms with Gasteiger partial charge in [-0.1, -0.05) is 34.5 Å². The number of azide groups is 1. The summed E-state index contributed by atoms with van der Waals surface area (Å²) in [6.45, 7) is -0.772. The molecule has 2 aliphatic rings. The Labute approximate surface area is 150 Å². The minimum atomic E-state index is -0.879. The molecule has 1 saturated heterocycles. The highest BCUT2D eigenvalue weighted by atomic mass is 32.2. The van der Waals surface area contributed by atoms with E-state index in [1.807, 2.05) is 36.0 Å². The van der Waals surface area contributed by atoms with Crippen LogP contribution in [0.5, 0.6) is 0 Å². The maximum absolute atomic E-state index is 13.1. The summed E-state index contributed by atoms with van der Waals surface area (Å²) in [5.41, 5.74) is 11.2.